The second kappa shape index (κ2) is 11.1. The molecule has 6 rings (SSSR count). The maximum absolute atomic E-state index is 14.2. The average molecular weight is 577 g/mol. The van der Waals surface area contributed by atoms with Crippen molar-refractivity contribution in [2.45, 2.75) is 67.8 Å². The summed E-state index contributed by atoms with van der Waals surface area (Å²) in [6, 6.07) is 16.6. The molecule has 3 aromatic rings. The first kappa shape index (κ1) is 27.7. The number of likely N-dealkylation sites (tertiary alicyclic amines) is 1. The highest BCUT2D eigenvalue weighted by Crippen LogP contribution is 2.71. The first-order valence-electron chi connectivity index (χ1n) is 14.4. The molecule has 2 unspecified atom stereocenters. The van der Waals surface area contributed by atoms with Gasteiger partial charge in [-0.3, -0.25) is 14.4 Å². The van der Waals surface area contributed by atoms with Gasteiger partial charge in [0.1, 0.15) is 18.2 Å². The molecule has 1 spiro atoms. The Morgan fingerprint density at radius 1 is 1.02 bits per heavy atom. The van der Waals surface area contributed by atoms with Crippen molar-refractivity contribution in [1.29, 1.82) is 0 Å². The third kappa shape index (κ3) is 4.78. The third-order valence-electron chi connectivity index (χ3n) is 9.00. The summed E-state index contributed by atoms with van der Waals surface area (Å²) < 4.78 is 0.544. The molecule has 10 nitrogen and oxygen atoms in total. The molecule has 3 fully saturated rings. The van der Waals surface area contributed by atoms with E-state index in [1.165, 1.54) is 0 Å². The quantitative estimate of drug-likeness (QED) is 0.299. The molecule has 3 amide bonds. The zero-order valence-electron chi connectivity index (χ0n) is 23.2. The smallest absolute Gasteiger partial charge is 0.245 e. The lowest BCUT2D eigenvalue weighted by Crippen LogP contribution is -2.54. The van der Waals surface area contributed by atoms with Gasteiger partial charge in [0, 0.05) is 24.4 Å². The molecule has 11 heteroatoms. The normalized spacial score (nSPS) is 28.3. The largest absolute Gasteiger partial charge is 0.396 e. The predicted octanol–water partition coefficient (Wildman–Crippen LogP) is 2.47. The lowest BCUT2D eigenvalue weighted by molar-refractivity contribution is -0.140. The van der Waals surface area contributed by atoms with Gasteiger partial charge in [0.15, 0.2) is 0 Å². The lowest BCUT2D eigenvalue weighted by Gasteiger charge is -2.34. The van der Waals surface area contributed by atoms with E-state index in [-0.39, 0.29) is 31.0 Å². The van der Waals surface area contributed by atoms with Gasteiger partial charge in [0.2, 0.25) is 17.7 Å². The van der Waals surface area contributed by atoms with Crippen molar-refractivity contribution in [2.75, 3.05) is 13.2 Å². The number of carbonyl (C=O) groups is 3. The highest BCUT2D eigenvalue weighted by Gasteiger charge is 2.76. The number of aliphatic hydroxyl groups is 1. The van der Waals surface area contributed by atoms with E-state index in [9.17, 15) is 19.5 Å². The summed E-state index contributed by atoms with van der Waals surface area (Å²) in [4.78, 5) is 43.6. The van der Waals surface area contributed by atoms with Crippen molar-refractivity contribution >= 4 is 40.5 Å². The first-order valence-corrected chi connectivity index (χ1v) is 15.2. The molecule has 3 aliphatic rings. The number of para-hydroxylation sites is 1. The van der Waals surface area contributed by atoms with Gasteiger partial charge in [-0.1, -0.05) is 47.7 Å². The average Bonchev–Trinajstić information content (AvgIpc) is 3.69. The van der Waals surface area contributed by atoms with Gasteiger partial charge in [-0.15, -0.1) is 16.9 Å². The molecule has 3 saturated heterocycles. The fourth-order valence-electron chi connectivity index (χ4n) is 7.12. The molecule has 2 bridgehead atoms. The molecule has 3 N–H and O–H groups in total. The van der Waals surface area contributed by atoms with E-state index in [2.05, 4.69) is 27.9 Å². The van der Waals surface area contributed by atoms with E-state index < -0.39 is 27.4 Å². The second-order valence-corrected chi connectivity index (χ2v) is 13.4. The van der Waals surface area contributed by atoms with Gasteiger partial charge >= 0.3 is 0 Å². The number of fused-ring (bicyclic) bond motifs is 2. The number of rotatable bonds is 11. The molecule has 4 heterocycles. The van der Waals surface area contributed by atoms with Crippen molar-refractivity contribution in [3.05, 3.63) is 60.2 Å². The maximum Gasteiger partial charge on any atom is 0.245 e. The zero-order chi connectivity index (χ0) is 28.6. The van der Waals surface area contributed by atoms with E-state index in [4.69, 9.17) is 0 Å². The number of hydrogen-bond donors (Lipinski definition) is 3. The Morgan fingerprint density at radius 3 is 2.61 bits per heavy atom. The summed E-state index contributed by atoms with van der Waals surface area (Å²) in [5, 5.41) is 23.7. The minimum absolute atomic E-state index is 0.0914. The standard InChI is InChI=1S/C30H36N6O4S/c1-29-14-15-30(41-29)24(23(29)26(38)31-18-20-10-4-2-5-11-20)28(40)35(16-8-3-9-17-37)25(30)27(39)32-19-36-22-13-7-6-12-21(22)33-34-36/h2,4-7,10-13,23-25,37H,3,8-9,14-19H2,1H3,(H,31,38)(H,32,39)/t23-,24+,25?,29+,30?/m1/s1. The van der Waals surface area contributed by atoms with Gasteiger partial charge in [-0.05, 0) is 56.7 Å². The molecule has 0 saturated carbocycles. The monoisotopic (exact) mass is 576 g/mol. The van der Waals surface area contributed by atoms with Crippen molar-refractivity contribution < 1.29 is 19.5 Å². The second-order valence-electron chi connectivity index (χ2n) is 11.5. The minimum atomic E-state index is -0.692. The van der Waals surface area contributed by atoms with Crippen LogP contribution in [0.15, 0.2) is 54.6 Å². The number of nitrogens with one attached hydrogen (secondary N) is 2. The highest BCUT2D eigenvalue weighted by atomic mass is 32.2. The number of nitrogens with zero attached hydrogens (tertiary/aromatic N) is 4. The fraction of sp³-hybridized carbons (Fsp3) is 0.500. The van der Waals surface area contributed by atoms with Crippen LogP contribution in [0.25, 0.3) is 11.0 Å². The SMILES string of the molecule is C[C@@]12CCC3(S1)C(C(=O)NCn1nnc4ccccc41)N(CCCCCO)C(=O)[C@@H]3[C@@H]2C(=O)NCc1ccccc1. The predicted molar refractivity (Wildman–Crippen MR) is 155 cm³/mol. The topological polar surface area (TPSA) is 129 Å². The van der Waals surface area contributed by atoms with Crippen molar-refractivity contribution in [3.8, 4) is 0 Å². The van der Waals surface area contributed by atoms with Crippen LogP contribution in [0.4, 0.5) is 0 Å². The molecule has 1 aromatic heterocycles. The third-order valence-corrected chi connectivity index (χ3v) is 11.0. The minimum Gasteiger partial charge on any atom is -0.396 e. The molecule has 41 heavy (non-hydrogen) atoms. The summed E-state index contributed by atoms with van der Waals surface area (Å²) in [5.74, 6) is -1.56. The molecule has 216 valence electrons. The van der Waals surface area contributed by atoms with Crippen LogP contribution in [0.5, 0.6) is 0 Å². The zero-order valence-corrected chi connectivity index (χ0v) is 24.0. The Hall–Kier alpha value is -3.44. The first-order chi connectivity index (χ1) is 19.9. The number of amides is 3. The molecule has 0 aliphatic carbocycles. The Morgan fingerprint density at radius 2 is 1.80 bits per heavy atom. The molecule has 3 aliphatic heterocycles. The molecular weight excluding hydrogens is 540 g/mol. The number of hydrogen-bond acceptors (Lipinski definition) is 7. The van der Waals surface area contributed by atoms with Gasteiger partial charge < -0.3 is 20.6 Å². The summed E-state index contributed by atoms with van der Waals surface area (Å²) in [7, 11) is 0. The van der Waals surface area contributed by atoms with E-state index in [0.717, 1.165) is 29.4 Å². The van der Waals surface area contributed by atoms with Crippen LogP contribution in [0.3, 0.4) is 0 Å². The Kier molecular flexibility index (Phi) is 7.50. The van der Waals surface area contributed by atoms with Crippen LogP contribution in [0, 0.1) is 11.8 Å². The van der Waals surface area contributed by atoms with Crippen molar-refractivity contribution in [3.63, 3.8) is 0 Å². The van der Waals surface area contributed by atoms with Gasteiger partial charge in [0.25, 0.3) is 0 Å². The van der Waals surface area contributed by atoms with Crippen molar-refractivity contribution in [1.82, 2.24) is 30.5 Å². The molecule has 2 aromatic carbocycles. The molecule has 0 radical (unpaired) electrons. The summed E-state index contributed by atoms with van der Waals surface area (Å²) in [6.45, 7) is 3.11. The number of unbranched alkanes of at least 4 members (excludes halogenated alkanes) is 2. The number of aliphatic hydroxyl groups excluding tert-OH is 1. The summed E-state index contributed by atoms with van der Waals surface area (Å²) in [5.41, 5.74) is 2.55. The summed E-state index contributed by atoms with van der Waals surface area (Å²) >= 11 is 1.66. The van der Waals surface area contributed by atoms with Gasteiger partial charge in [-0.25, -0.2) is 4.68 Å². The number of thioether (sulfide) groups is 1. The fourth-order valence-corrected chi connectivity index (χ4v) is 9.47. The molecular formula is C30H36N6O4S. The number of carbonyl (C=O) groups excluding carboxylic acids is 3. The van der Waals surface area contributed by atoms with Crippen LogP contribution in [-0.2, 0) is 27.6 Å². The summed E-state index contributed by atoms with van der Waals surface area (Å²) in [6.07, 6.45) is 3.54. The highest BCUT2D eigenvalue weighted by molar-refractivity contribution is 8.02. The van der Waals surface area contributed by atoms with Crippen molar-refractivity contribution in [2.24, 2.45) is 11.8 Å². The van der Waals surface area contributed by atoms with Crippen LogP contribution >= 0.6 is 11.8 Å². The Bertz CT molecular complexity index is 1450. The number of benzene rings is 2. The van der Waals surface area contributed by atoms with E-state index in [1.54, 1.807) is 21.3 Å². The molecule has 5 atom stereocenters. The number of aromatic nitrogens is 3. The van der Waals surface area contributed by atoms with Crippen LogP contribution in [0.1, 0.15) is 44.6 Å². The van der Waals surface area contributed by atoms with Gasteiger partial charge in [0.05, 0.1) is 22.1 Å². The Balaban J connectivity index is 1.26. The maximum atomic E-state index is 14.2. The lowest BCUT2D eigenvalue weighted by atomic mass is 9.66. The Labute approximate surface area is 243 Å². The van der Waals surface area contributed by atoms with E-state index in [1.807, 2.05) is 54.6 Å². The van der Waals surface area contributed by atoms with Crippen LogP contribution in [-0.4, -0.2) is 71.4 Å². The van der Waals surface area contributed by atoms with E-state index in [0.29, 0.717) is 32.4 Å². The van der Waals surface area contributed by atoms with Gasteiger partial charge in [-0.2, -0.15) is 0 Å². The van der Waals surface area contributed by atoms with Crippen LogP contribution in [0.2, 0.25) is 0 Å². The van der Waals surface area contributed by atoms with E-state index >= 15 is 0 Å². The van der Waals surface area contributed by atoms with Crippen LogP contribution < -0.4 is 10.6 Å².